The average Bonchev–Trinajstić information content (AvgIpc) is 2.33. The van der Waals surface area contributed by atoms with Gasteiger partial charge in [-0.2, -0.15) is 0 Å². The van der Waals surface area contributed by atoms with Crippen LogP contribution in [0, 0.1) is 0 Å². The Bertz CT molecular complexity index is 115. The zero-order chi connectivity index (χ0) is 12.4. The van der Waals surface area contributed by atoms with Crippen molar-refractivity contribution >= 4 is 0 Å². The summed E-state index contributed by atoms with van der Waals surface area (Å²) >= 11 is 0. The van der Waals surface area contributed by atoms with Crippen LogP contribution in [0.25, 0.3) is 0 Å². The number of hydrogen-bond acceptors (Lipinski definition) is 1. The maximum Gasteiger partial charge on any atom is 0.0500 e. The molecule has 0 saturated carbocycles. The van der Waals surface area contributed by atoms with Gasteiger partial charge >= 0.3 is 0 Å². The zero-order valence-corrected chi connectivity index (χ0v) is 11.5. The van der Waals surface area contributed by atoms with Crippen molar-refractivity contribution in [1.29, 1.82) is 0 Å². The van der Waals surface area contributed by atoms with Crippen LogP contribution < -0.4 is 0 Å². The summed E-state index contributed by atoms with van der Waals surface area (Å²) < 4.78 is 5.16. The summed E-state index contributed by atoms with van der Waals surface area (Å²) in [5.74, 6) is 0. The second kappa shape index (κ2) is 29.2. The maximum atomic E-state index is 5.16. The SMILES string of the molecule is CC.CC.CC/C=C\C=C/CCOCC. The van der Waals surface area contributed by atoms with Gasteiger partial charge in [0.25, 0.3) is 0 Å². The summed E-state index contributed by atoms with van der Waals surface area (Å²) in [5, 5.41) is 0. The van der Waals surface area contributed by atoms with Gasteiger partial charge in [0.1, 0.15) is 0 Å². The fourth-order valence-corrected chi connectivity index (χ4v) is 0.685. The van der Waals surface area contributed by atoms with E-state index in [1.54, 1.807) is 0 Å². The van der Waals surface area contributed by atoms with Crippen molar-refractivity contribution in [3.8, 4) is 0 Å². The molecular weight excluding hydrogens is 184 g/mol. The van der Waals surface area contributed by atoms with Crippen LogP contribution in [0.1, 0.15) is 54.4 Å². The number of ether oxygens (including phenoxy) is 1. The third-order valence-corrected chi connectivity index (χ3v) is 1.25. The quantitative estimate of drug-likeness (QED) is 0.447. The van der Waals surface area contributed by atoms with E-state index in [1.807, 2.05) is 34.6 Å². The van der Waals surface area contributed by atoms with E-state index in [9.17, 15) is 0 Å². The van der Waals surface area contributed by atoms with Gasteiger partial charge in [-0.1, -0.05) is 58.9 Å². The molecule has 0 spiro atoms. The minimum atomic E-state index is 0.818. The molecule has 0 heterocycles. The van der Waals surface area contributed by atoms with Crippen molar-refractivity contribution in [3.05, 3.63) is 24.3 Å². The number of rotatable bonds is 6. The predicted molar refractivity (Wildman–Crippen MR) is 72.4 cm³/mol. The molecule has 1 heteroatoms. The van der Waals surface area contributed by atoms with Crippen molar-refractivity contribution in [3.63, 3.8) is 0 Å². The lowest BCUT2D eigenvalue weighted by Gasteiger charge is -1.93. The Hall–Kier alpha value is -0.560. The minimum absolute atomic E-state index is 0.818. The highest BCUT2D eigenvalue weighted by atomic mass is 16.5. The predicted octanol–water partition coefficient (Wildman–Crippen LogP) is 4.99. The van der Waals surface area contributed by atoms with Crippen molar-refractivity contribution < 1.29 is 4.74 Å². The van der Waals surface area contributed by atoms with Crippen molar-refractivity contribution in [2.24, 2.45) is 0 Å². The Morgan fingerprint density at radius 2 is 1.40 bits per heavy atom. The molecule has 0 atom stereocenters. The summed E-state index contributed by atoms with van der Waals surface area (Å²) in [6.45, 7) is 13.8. The third-order valence-electron chi connectivity index (χ3n) is 1.25. The topological polar surface area (TPSA) is 9.23 Å². The van der Waals surface area contributed by atoms with Crippen LogP contribution in [0.2, 0.25) is 0 Å². The fourth-order valence-electron chi connectivity index (χ4n) is 0.685. The van der Waals surface area contributed by atoms with Crippen LogP contribution in [0.3, 0.4) is 0 Å². The second-order valence-corrected chi connectivity index (χ2v) is 2.25. The molecule has 0 amide bonds. The van der Waals surface area contributed by atoms with Crippen LogP contribution >= 0.6 is 0 Å². The molecule has 0 rings (SSSR count). The van der Waals surface area contributed by atoms with Gasteiger partial charge in [0, 0.05) is 13.2 Å². The van der Waals surface area contributed by atoms with Crippen molar-refractivity contribution in [2.45, 2.75) is 54.4 Å². The van der Waals surface area contributed by atoms with Crippen LogP contribution in [0.5, 0.6) is 0 Å². The largest absolute Gasteiger partial charge is 0.381 e. The van der Waals surface area contributed by atoms with Gasteiger partial charge in [-0.3, -0.25) is 0 Å². The molecule has 0 bridgehead atoms. The van der Waals surface area contributed by atoms with Gasteiger partial charge in [0.15, 0.2) is 0 Å². The Balaban J connectivity index is -0.000000318. The Kier molecular flexibility index (Phi) is 38.8. The van der Waals surface area contributed by atoms with Crippen LogP contribution in [-0.4, -0.2) is 13.2 Å². The van der Waals surface area contributed by atoms with Crippen LogP contribution in [-0.2, 0) is 4.74 Å². The Labute approximate surface area is 97.2 Å². The summed E-state index contributed by atoms with van der Waals surface area (Å²) in [6, 6.07) is 0. The second-order valence-electron chi connectivity index (χ2n) is 2.25. The zero-order valence-electron chi connectivity index (χ0n) is 11.5. The molecule has 0 aliphatic heterocycles. The molecule has 0 aromatic carbocycles. The molecule has 0 radical (unpaired) electrons. The lowest BCUT2D eigenvalue weighted by atomic mass is 10.3. The van der Waals surface area contributed by atoms with Crippen molar-refractivity contribution in [1.82, 2.24) is 0 Å². The molecule has 0 unspecified atom stereocenters. The van der Waals surface area contributed by atoms with Gasteiger partial charge in [-0.05, 0) is 19.8 Å². The highest BCUT2D eigenvalue weighted by Gasteiger charge is 1.77. The van der Waals surface area contributed by atoms with Gasteiger partial charge in [0.2, 0.25) is 0 Å². The lowest BCUT2D eigenvalue weighted by Crippen LogP contribution is -1.89. The average molecular weight is 214 g/mol. The first-order valence-electron chi connectivity index (χ1n) is 6.31. The normalized spacial score (nSPS) is 9.47. The molecule has 0 aliphatic carbocycles. The fraction of sp³-hybridized carbons (Fsp3) is 0.714. The molecule has 1 nitrogen and oxygen atoms in total. The minimum Gasteiger partial charge on any atom is -0.381 e. The van der Waals surface area contributed by atoms with Gasteiger partial charge in [-0.25, -0.2) is 0 Å². The molecule has 0 fully saturated rings. The van der Waals surface area contributed by atoms with E-state index in [2.05, 4.69) is 31.2 Å². The van der Waals surface area contributed by atoms with Crippen LogP contribution in [0.15, 0.2) is 24.3 Å². The van der Waals surface area contributed by atoms with Gasteiger partial charge < -0.3 is 4.74 Å². The maximum absolute atomic E-state index is 5.16. The smallest absolute Gasteiger partial charge is 0.0500 e. The summed E-state index contributed by atoms with van der Waals surface area (Å²) in [5.41, 5.74) is 0. The molecule has 92 valence electrons. The Morgan fingerprint density at radius 1 is 0.867 bits per heavy atom. The van der Waals surface area contributed by atoms with E-state index < -0.39 is 0 Å². The van der Waals surface area contributed by atoms with Gasteiger partial charge in [0.05, 0.1) is 0 Å². The molecular formula is C14H30O. The molecule has 0 aliphatic rings. The van der Waals surface area contributed by atoms with E-state index in [-0.39, 0.29) is 0 Å². The van der Waals surface area contributed by atoms with Gasteiger partial charge in [-0.15, -0.1) is 0 Å². The highest BCUT2D eigenvalue weighted by molar-refractivity contribution is 5.01. The van der Waals surface area contributed by atoms with E-state index in [1.165, 1.54) is 0 Å². The summed E-state index contributed by atoms with van der Waals surface area (Å²) in [7, 11) is 0. The molecule has 15 heavy (non-hydrogen) atoms. The van der Waals surface area contributed by atoms with E-state index in [0.29, 0.717) is 0 Å². The summed E-state index contributed by atoms with van der Waals surface area (Å²) in [6.07, 6.45) is 10.5. The standard InChI is InChI=1S/C10H18O.2C2H6/c1-3-5-6-7-8-9-10-11-4-2;2*1-2/h5-8H,3-4,9-10H2,1-2H3;2*1-2H3/b6-5-,8-7-;;. The first-order valence-corrected chi connectivity index (χ1v) is 6.31. The monoisotopic (exact) mass is 214 g/mol. The van der Waals surface area contributed by atoms with Crippen molar-refractivity contribution in [2.75, 3.05) is 13.2 Å². The Morgan fingerprint density at radius 3 is 1.87 bits per heavy atom. The highest BCUT2D eigenvalue weighted by Crippen LogP contribution is 1.87. The van der Waals surface area contributed by atoms with E-state index >= 15 is 0 Å². The summed E-state index contributed by atoms with van der Waals surface area (Å²) in [4.78, 5) is 0. The molecule has 0 aromatic rings. The van der Waals surface area contributed by atoms with E-state index in [0.717, 1.165) is 26.1 Å². The van der Waals surface area contributed by atoms with E-state index in [4.69, 9.17) is 4.74 Å². The molecule has 0 N–H and O–H groups in total. The first-order chi connectivity index (χ1) is 7.41. The lowest BCUT2D eigenvalue weighted by molar-refractivity contribution is 0.152. The first kappa shape index (κ1) is 19.9. The molecule has 0 saturated heterocycles. The third kappa shape index (κ3) is 31.8. The number of allylic oxidation sites excluding steroid dienone is 3. The molecule has 0 aromatic heterocycles. The number of hydrogen-bond donors (Lipinski definition) is 0. The van der Waals surface area contributed by atoms with Crippen LogP contribution in [0.4, 0.5) is 0 Å².